The molecular weight excluding hydrogens is 240 g/mol. The van der Waals surface area contributed by atoms with E-state index in [1.807, 2.05) is 6.92 Å². The van der Waals surface area contributed by atoms with Crippen LogP contribution in [0.3, 0.4) is 0 Å². The van der Waals surface area contributed by atoms with E-state index in [9.17, 15) is 14.9 Å². The first-order valence-electron chi connectivity index (χ1n) is 5.26. The van der Waals surface area contributed by atoms with Gasteiger partial charge in [-0.25, -0.2) is 0 Å². The van der Waals surface area contributed by atoms with Crippen molar-refractivity contribution in [3.8, 4) is 0 Å². The molecule has 0 bridgehead atoms. The summed E-state index contributed by atoms with van der Waals surface area (Å²) in [4.78, 5) is 25.6. The van der Waals surface area contributed by atoms with E-state index in [0.29, 0.717) is 18.1 Å². The van der Waals surface area contributed by atoms with Crippen LogP contribution in [0.25, 0.3) is 0 Å². The summed E-state index contributed by atoms with van der Waals surface area (Å²) in [5.74, 6) is 0.776. The average molecular weight is 250 g/mol. The largest absolute Gasteiger partial charge is 0.339 e. The lowest BCUT2D eigenvalue weighted by Crippen LogP contribution is -2.20. The molecule has 94 valence electrons. The van der Waals surface area contributed by atoms with Crippen molar-refractivity contribution in [2.24, 2.45) is 0 Å². The van der Waals surface area contributed by atoms with E-state index >= 15 is 0 Å². The maximum absolute atomic E-state index is 11.5. The van der Waals surface area contributed by atoms with Crippen LogP contribution in [0.4, 0.5) is 5.69 Å². The van der Waals surface area contributed by atoms with E-state index in [2.05, 4.69) is 10.1 Å². The highest BCUT2D eigenvalue weighted by Gasteiger charge is 2.10. The summed E-state index contributed by atoms with van der Waals surface area (Å²) in [5, 5.41) is 14.3. The van der Waals surface area contributed by atoms with Crippen molar-refractivity contribution in [2.45, 2.75) is 19.9 Å². The minimum absolute atomic E-state index is 0.0456. The third-order valence-electron chi connectivity index (χ3n) is 2.30. The molecule has 0 aliphatic rings. The Balaban J connectivity index is 2.30. The molecule has 18 heavy (non-hydrogen) atoms. The van der Waals surface area contributed by atoms with Crippen LogP contribution >= 0.6 is 0 Å². The Labute approximate surface area is 101 Å². The Morgan fingerprint density at radius 3 is 2.89 bits per heavy atom. The third kappa shape index (κ3) is 2.42. The van der Waals surface area contributed by atoms with Crippen molar-refractivity contribution in [3.05, 3.63) is 50.5 Å². The Morgan fingerprint density at radius 1 is 1.50 bits per heavy atom. The first-order valence-corrected chi connectivity index (χ1v) is 5.26. The molecule has 0 radical (unpaired) electrons. The molecule has 0 atom stereocenters. The summed E-state index contributed by atoms with van der Waals surface area (Å²) in [5.41, 5.74) is -0.516. The van der Waals surface area contributed by atoms with Gasteiger partial charge in [0, 0.05) is 18.6 Å². The van der Waals surface area contributed by atoms with E-state index < -0.39 is 4.92 Å². The van der Waals surface area contributed by atoms with Crippen LogP contribution in [0.15, 0.2) is 27.6 Å². The van der Waals surface area contributed by atoms with Gasteiger partial charge in [-0.3, -0.25) is 14.9 Å². The molecule has 2 heterocycles. The minimum atomic E-state index is -0.566. The van der Waals surface area contributed by atoms with Crippen LogP contribution in [-0.4, -0.2) is 19.6 Å². The molecule has 0 N–H and O–H groups in total. The monoisotopic (exact) mass is 250 g/mol. The van der Waals surface area contributed by atoms with Gasteiger partial charge in [-0.1, -0.05) is 12.1 Å². The number of nitrogens with zero attached hydrogens (tertiary/aromatic N) is 4. The fourth-order valence-corrected chi connectivity index (χ4v) is 1.40. The highest BCUT2D eigenvalue weighted by molar-refractivity contribution is 5.25. The molecule has 8 nitrogen and oxygen atoms in total. The van der Waals surface area contributed by atoms with Crippen LogP contribution in [-0.2, 0) is 13.0 Å². The number of pyridine rings is 1. The van der Waals surface area contributed by atoms with Crippen molar-refractivity contribution < 1.29 is 9.45 Å². The Kier molecular flexibility index (Phi) is 3.18. The van der Waals surface area contributed by atoms with Gasteiger partial charge in [0.05, 0.1) is 17.7 Å². The predicted octanol–water partition coefficient (Wildman–Crippen LogP) is 0.750. The highest BCUT2D eigenvalue weighted by Crippen LogP contribution is 2.07. The molecule has 8 heteroatoms. The van der Waals surface area contributed by atoms with E-state index in [0.717, 1.165) is 18.3 Å². The van der Waals surface area contributed by atoms with E-state index in [1.54, 1.807) is 0 Å². The molecule has 0 fully saturated rings. The zero-order valence-corrected chi connectivity index (χ0v) is 9.57. The lowest BCUT2D eigenvalue weighted by Gasteiger charge is -2.00. The molecule has 0 aliphatic heterocycles. The van der Waals surface area contributed by atoms with Crippen molar-refractivity contribution in [1.82, 2.24) is 14.7 Å². The van der Waals surface area contributed by atoms with Gasteiger partial charge in [-0.05, 0) is 0 Å². The van der Waals surface area contributed by atoms with Crippen LogP contribution in [0.2, 0.25) is 0 Å². The Hall–Kier alpha value is -2.51. The van der Waals surface area contributed by atoms with Crippen molar-refractivity contribution in [1.29, 1.82) is 0 Å². The van der Waals surface area contributed by atoms with E-state index in [1.165, 1.54) is 4.57 Å². The molecule has 0 saturated heterocycles. The topological polar surface area (TPSA) is 104 Å². The van der Waals surface area contributed by atoms with Crippen molar-refractivity contribution >= 4 is 5.69 Å². The number of nitro groups is 1. The maximum atomic E-state index is 11.5. The third-order valence-corrected chi connectivity index (χ3v) is 2.30. The second-order valence-electron chi connectivity index (χ2n) is 3.57. The van der Waals surface area contributed by atoms with Crippen LogP contribution < -0.4 is 5.56 Å². The lowest BCUT2D eigenvalue weighted by molar-refractivity contribution is -0.385. The molecule has 0 amide bonds. The Bertz CT molecular complexity index is 631. The average Bonchev–Trinajstić information content (AvgIpc) is 2.79. The molecule has 0 unspecified atom stereocenters. The molecule has 0 saturated carbocycles. The second-order valence-corrected chi connectivity index (χ2v) is 3.57. The van der Waals surface area contributed by atoms with E-state index in [4.69, 9.17) is 4.52 Å². The Morgan fingerprint density at radius 2 is 2.28 bits per heavy atom. The zero-order valence-electron chi connectivity index (χ0n) is 9.57. The maximum Gasteiger partial charge on any atom is 0.285 e. The number of aromatic nitrogens is 3. The number of hydrogen-bond donors (Lipinski definition) is 0. The molecule has 2 aromatic rings. The van der Waals surface area contributed by atoms with Gasteiger partial charge in [-0.15, -0.1) is 0 Å². The van der Waals surface area contributed by atoms with Gasteiger partial charge in [0.2, 0.25) is 5.89 Å². The van der Waals surface area contributed by atoms with Gasteiger partial charge in [-0.2, -0.15) is 4.98 Å². The van der Waals surface area contributed by atoms with Crippen LogP contribution in [0, 0.1) is 10.1 Å². The summed E-state index contributed by atoms with van der Waals surface area (Å²) in [6.45, 7) is 1.90. The fourth-order valence-electron chi connectivity index (χ4n) is 1.40. The molecule has 0 aromatic carbocycles. The van der Waals surface area contributed by atoms with Gasteiger partial charge in [0.25, 0.3) is 11.2 Å². The smallest absolute Gasteiger partial charge is 0.285 e. The first-order chi connectivity index (χ1) is 8.60. The highest BCUT2D eigenvalue weighted by atomic mass is 16.6. The summed E-state index contributed by atoms with van der Waals surface area (Å²) >= 11 is 0. The minimum Gasteiger partial charge on any atom is -0.339 e. The van der Waals surface area contributed by atoms with Gasteiger partial charge < -0.3 is 9.09 Å². The second kappa shape index (κ2) is 4.78. The van der Waals surface area contributed by atoms with Crippen molar-refractivity contribution in [2.75, 3.05) is 0 Å². The quantitative estimate of drug-likeness (QED) is 0.585. The van der Waals surface area contributed by atoms with Gasteiger partial charge in [0.15, 0.2) is 5.82 Å². The molecule has 0 spiro atoms. The number of hydrogen-bond acceptors (Lipinski definition) is 6. The number of rotatable bonds is 4. The summed E-state index contributed by atoms with van der Waals surface area (Å²) in [7, 11) is 0. The van der Waals surface area contributed by atoms with Crippen molar-refractivity contribution in [3.63, 3.8) is 0 Å². The van der Waals surface area contributed by atoms with Gasteiger partial charge >= 0.3 is 0 Å². The SMILES string of the molecule is CCc1nc(Cn2cc([N+](=O)[O-])ccc2=O)no1. The van der Waals surface area contributed by atoms with E-state index in [-0.39, 0.29) is 17.8 Å². The predicted molar refractivity (Wildman–Crippen MR) is 60.1 cm³/mol. The summed E-state index contributed by atoms with van der Waals surface area (Å²) in [6, 6.07) is 2.30. The van der Waals surface area contributed by atoms with Crippen LogP contribution in [0.1, 0.15) is 18.6 Å². The fraction of sp³-hybridized carbons (Fsp3) is 0.300. The lowest BCUT2D eigenvalue weighted by atomic mass is 10.4. The standard InChI is InChI=1S/C10H10N4O4/c1-2-9-11-8(12-18-9)6-13-5-7(14(16)17)3-4-10(13)15/h3-5H,2,6H2,1H3. The normalized spacial score (nSPS) is 10.5. The first kappa shape index (κ1) is 12.0. The molecule has 2 rings (SSSR count). The van der Waals surface area contributed by atoms with Crippen LogP contribution in [0.5, 0.6) is 0 Å². The molecule has 2 aromatic heterocycles. The molecular formula is C10H10N4O4. The molecule has 0 aliphatic carbocycles. The zero-order chi connectivity index (χ0) is 13.1. The number of aryl methyl sites for hydroxylation is 1. The van der Waals surface area contributed by atoms with Gasteiger partial charge in [0.1, 0.15) is 0 Å². The summed E-state index contributed by atoms with van der Waals surface area (Å²) < 4.78 is 6.06. The summed E-state index contributed by atoms with van der Waals surface area (Å²) in [6.07, 6.45) is 1.75.